The van der Waals surface area contributed by atoms with Crippen LogP contribution in [0.4, 0.5) is 5.69 Å². The van der Waals surface area contributed by atoms with Gasteiger partial charge in [0.1, 0.15) is 5.75 Å². The molecule has 2 rings (SSSR count). The standard InChI is InChI=1S/C27H47N3O4/c1-8-14-29(7)18-26-20(2)17-30(21(3)19-31)27(32)24-16-23(28(5)6)12-13-25(24)34-22(4)11-9-10-15-33-26/h12-13,16,20-22,26,31H,8-11,14-15,17-19H2,1-7H3/t20-,21-,22+,26-/m1/s1. The average molecular weight is 478 g/mol. The van der Waals surface area contributed by atoms with Gasteiger partial charge in [0, 0.05) is 45.4 Å². The highest BCUT2D eigenvalue weighted by Gasteiger charge is 2.30. The molecule has 7 heteroatoms. The van der Waals surface area contributed by atoms with Gasteiger partial charge in [-0.3, -0.25) is 4.79 Å². The Morgan fingerprint density at radius 1 is 1.21 bits per heavy atom. The maximum Gasteiger partial charge on any atom is 0.258 e. The molecule has 194 valence electrons. The van der Waals surface area contributed by atoms with E-state index in [0.29, 0.717) is 24.5 Å². The summed E-state index contributed by atoms with van der Waals surface area (Å²) < 4.78 is 12.6. The number of carbonyl (C=O) groups is 1. The van der Waals surface area contributed by atoms with Gasteiger partial charge in [-0.15, -0.1) is 0 Å². The number of fused-ring (bicyclic) bond motifs is 1. The fourth-order valence-corrected chi connectivity index (χ4v) is 4.43. The first-order valence-corrected chi connectivity index (χ1v) is 12.9. The van der Waals surface area contributed by atoms with E-state index in [4.69, 9.17) is 9.47 Å². The molecule has 34 heavy (non-hydrogen) atoms. The number of anilines is 1. The number of amides is 1. The third-order valence-corrected chi connectivity index (χ3v) is 6.65. The van der Waals surface area contributed by atoms with Gasteiger partial charge in [0.05, 0.1) is 30.4 Å². The van der Waals surface area contributed by atoms with Crippen LogP contribution in [0.25, 0.3) is 0 Å². The third kappa shape index (κ3) is 8.14. The van der Waals surface area contributed by atoms with Crippen molar-refractivity contribution >= 4 is 11.6 Å². The lowest BCUT2D eigenvalue weighted by atomic mass is 10.0. The highest BCUT2D eigenvalue weighted by atomic mass is 16.5. The molecule has 0 aromatic heterocycles. The second-order valence-corrected chi connectivity index (χ2v) is 10.1. The Bertz CT molecular complexity index is 757. The summed E-state index contributed by atoms with van der Waals surface area (Å²) in [5.41, 5.74) is 1.49. The Hall–Kier alpha value is -1.83. The highest BCUT2D eigenvalue weighted by molar-refractivity contribution is 5.98. The molecule has 7 nitrogen and oxygen atoms in total. The number of likely N-dealkylation sites (N-methyl/N-ethyl adjacent to an activating group) is 1. The third-order valence-electron chi connectivity index (χ3n) is 6.65. The number of ether oxygens (including phenoxy) is 2. The monoisotopic (exact) mass is 477 g/mol. The second kappa shape index (κ2) is 13.9. The predicted octanol–water partition coefficient (Wildman–Crippen LogP) is 3.89. The number of carbonyl (C=O) groups excluding carboxylic acids is 1. The Balaban J connectivity index is 2.45. The number of benzene rings is 1. The van der Waals surface area contributed by atoms with Crippen LogP contribution >= 0.6 is 0 Å². The number of hydrogen-bond donors (Lipinski definition) is 1. The van der Waals surface area contributed by atoms with Crippen molar-refractivity contribution in [2.45, 2.75) is 71.6 Å². The van der Waals surface area contributed by atoms with E-state index in [1.54, 1.807) is 4.90 Å². The molecule has 0 saturated heterocycles. The minimum atomic E-state index is -0.315. The first-order chi connectivity index (χ1) is 16.2. The lowest BCUT2D eigenvalue weighted by Crippen LogP contribution is -2.47. The van der Waals surface area contributed by atoms with E-state index in [-0.39, 0.29) is 36.7 Å². The smallest absolute Gasteiger partial charge is 0.258 e. The van der Waals surface area contributed by atoms with Gasteiger partial charge in [-0.1, -0.05) is 13.8 Å². The summed E-state index contributed by atoms with van der Waals surface area (Å²) in [6.45, 7) is 11.2. The van der Waals surface area contributed by atoms with Gasteiger partial charge in [0.25, 0.3) is 5.91 Å². The van der Waals surface area contributed by atoms with E-state index in [1.807, 2.05) is 44.1 Å². The van der Waals surface area contributed by atoms with Crippen molar-refractivity contribution in [2.75, 3.05) is 58.9 Å². The molecule has 1 heterocycles. The second-order valence-electron chi connectivity index (χ2n) is 10.1. The van der Waals surface area contributed by atoms with Gasteiger partial charge in [0.15, 0.2) is 0 Å². The molecule has 0 spiro atoms. The van der Waals surface area contributed by atoms with Crippen LogP contribution in [0.2, 0.25) is 0 Å². The summed E-state index contributed by atoms with van der Waals surface area (Å²) in [7, 11) is 6.05. The topological polar surface area (TPSA) is 65.5 Å². The van der Waals surface area contributed by atoms with Crippen molar-refractivity contribution < 1.29 is 19.4 Å². The van der Waals surface area contributed by atoms with Crippen molar-refractivity contribution in [1.82, 2.24) is 9.80 Å². The van der Waals surface area contributed by atoms with E-state index in [1.165, 1.54) is 0 Å². The van der Waals surface area contributed by atoms with Crippen molar-refractivity contribution in [3.05, 3.63) is 23.8 Å². The molecule has 1 amide bonds. The van der Waals surface area contributed by atoms with Crippen LogP contribution in [0, 0.1) is 5.92 Å². The molecular weight excluding hydrogens is 430 g/mol. The van der Waals surface area contributed by atoms with Crippen LogP contribution < -0.4 is 9.64 Å². The zero-order valence-electron chi connectivity index (χ0n) is 22.4. The summed E-state index contributed by atoms with van der Waals surface area (Å²) in [6.07, 6.45) is 4.00. The Morgan fingerprint density at radius 3 is 2.59 bits per heavy atom. The number of rotatable bonds is 7. The molecule has 1 aliphatic rings. The van der Waals surface area contributed by atoms with Crippen LogP contribution in [0.1, 0.15) is 63.7 Å². The van der Waals surface area contributed by atoms with E-state index < -0.39 is 0 Å². The van der Waals surface area contributed by atoms with Gasteiger partial charge in [-0.2, -0.15) is 0 Å². The molecule has 0 bridgehead atoms. The van der Waals surface area contributed by atoms with Gasteiger partial charge >= 0.3 is 0 Å². The average Bonchev–Trinajstić information content (AvgIpc) is 2.80. The van der Waals surface area contributed by atoms with Crippen molar-refractivity contribution in [3.63, 3.8) is 0 Å². The Labute approximate surface area is 207 Å². The molecule has 0 saturated carbocycles. The highest BCUT2D eigenvalue weighted by Crippen LogP contribution is 2.29. The molecule has 1 aliphatic heterocycles. The summed E-state index contributed by atoms with van der Waals surface area (Å²) in [4.78, 5) is 20.0. The van der Waals surface area contributed by atoms with Gasteiger partial charge in [0.2, 0.25) is 0 Å². The largest absolute Gasteiger partial charge is 0.490 e. The summed E-state index contributed by atoms with van der Waals surface area (Å²) in [6, 6.07) is 5.48. The minimum Gasteiger partial charge on any atom is -0.490 e. The van der Waals surface area contributed by atoms with Crippen molar-refractivity contribution in [1.29, 1.82) is 0 Å². The fraction of sp³-hybridized carbons (Fsp3) is 0.741. The number of nitrogens with zero attached hydrogens (tertiary/aromatic N) is 3. The van der Waals surface area contributed by atoms with Crippen LogP contribution in [-0.2, 0) is 4.74 Å². The van der Waals surface area contributed by atoms with Crippen LogP contribution in [-0.4, -0.2) is 93.1 Å². The molecule has 1 N–H and O–H groups in total. The maximum absolute atomic E-state index is 13.9. The molecule has 0 aliphatic carbocycles. The Morgan fingerprint density at radius 2 is 1.94 bits per heavy atom. The summed E-state index contributed by atoms with van der Waals surface area (Å²) in [5, 5.41) is 10.0. The molecule has 1 aromatic rings. The minimum absolute atomic E-state index is 0.00572. The van der Waals surface area contributed by atoms with Crippen LogP contribution in [0.5, 0.6) is 5.75 Å². The molecule has 0 fully saturated rings. The first kappa shape index (κ1) is 28.4. The lowest BCUT2D eigenvalue weighted by Gasteiger charge is -2.36. The van der Waals surface area contributed by atoms with E-state index in [2.05, 4.69) is 32.7 Å². The Kier molecular flexibility index (Phi) is 11.6. The number of aliphatic hydroxyl groups excluding tert-OH is 1. The molecule has 4 atom stereocenters. The first-order valence-electron chi connectivity index (χ1n) is 12.9. The number of aliphatic hydroxyl groups is 1. The fourth-order valence-electron chi connectivity index (χ4n) is 4.43. The van der Waals surface area contributed by atoms with Crippen LogP contribution in [0.15, 0.2) is 18.2 Å². The molecule has 0 unspecified atom stereocenters. The van der Waals surface area contributed by atoms with Gasteiger partial charge in [-0.25, -0.2) is 0 Å². The molecule has 0 radical (unpaired) electrons. The van der Waals surface area contributed by atoms with E-state index in [0.717, 1.165) is 44.5 Å². The predicted molar refractivity (Wildman–Crippen MR) is 139 cm³/mol. The molecular formula is C27H47N3O4. The SMILES string of the molecule is CCCN(C)C[C@H]1OCCCC[C@H](C)Oc2ccc(N(C)C)cc2C(=O)N([C@H](C)CO)C[C@H]1C. The lowest BCUT2D eigenvalue weighted by molar-refractivity contribution is -0.0167. The van der Waals surface area contributed by atoms with E-state index in [9.17, 15) is 9.90 Å². The van der Waals surface area contributed by atoms with Gasteiger partial charge in [-0.05, 0) is 71.3 Å². The van der Waals surface area contributed by atoms with E-state index >= 15 is 0 Å². The van der Waals surface area contributed by atoms with Crippen LogP contribution in [0.3, 0.4) is 0 Å². The van der Waals surface area contributed by atoms with Gasteiger partial charge < -0.3 is 29.3 Å². The zero-order valence-corrected chi connectivity index (χ0v) is 22.4. The van der Waals surface area contributed by atoms with Crippen molar-refractivity contribution in [2.24, 2.45) is 5.92 Å². The molecule has 1 aromatic carbocycles. The normalized spacial score (nSPS) is 23.7. The quantitative estimate of drug-likeness (QED) is 0.643. The zero-order chi connectivity index (χ0) is 25.3. The van der Waals surface area contributed by atoms with Crippen molar-refractivity contribution in [3.8, 4) is 5.75 Å². The summed E-state index contributed by atoms with van der Waals surface area (Å²) >= 11 is 0. The number of hydrogen-bond acceptors (Lipinski definition) is 6. The maximum atomic E-state index is 13.9. The summed E-state index contributed by atoms with van der Waals surface area (Å²) in [5.74, 6) is 0.607.